The van der Waals surface area contributed by atoms with E-state index in [0.29, 0.717) is 5.75 Å². The van der Waals surface area contributed by atoms with E-state index in [2.05, 4.69) is 5.32 Å². The number of nitrogens with one attached hydrogen (secondary N) is 1. The number of carboxylic acids is 1. The van der Waals surface area contributed by atoms with Crippen molar-refractivity contribution in [2.75, 3.05) is 13.2 Å². The number of carboxylic acid groups (broad SMARTS) is 1. The lowest BCUT2D eigenvalue weighted by atomic mass is 10.0. The van der Waals surface area contributed by atoms with Crippen molar-refractivity contribution in [3.05, 3.63) is 29.3 Å². The first-order chi connectivity index (χ1) is 9.71. The molecule has 0 aliphatic rings. The molecule has 0 aromatic heterocycles. The highest BCUT2D eigenvalue weighted by atomic mass is 16.5. The summed E-state index contributed by atoms with van der Waals surface area (Å²) in [6.07, 6.45) is -0.439. The second-order valence-corrected chi connectivity index (χ2v) is 5.33. The molecule has 0 bridgehead atoms. The van der Waals surface area contributed by atoms with Crippen molar-refractivity contribution in [1.29, 1.82) is 0 Å². The monoisotopic (exact) mass is 295 g/mol. The largest absolute Gasteiger partial charge is 0.483 e. The molecule has 21 heavy (non-hydrogen) atoms. The molecule has 0 aliphatic carbocycles. The molecule has 1 atom stereocenters. The van der Waals surface area contributed by atoms with Crippen LogP contribution in [0.2, 0.25) is 0 Å². The molecule has 6 heteroatoms. The number of hydrogen-bond donors (Lipinski definition) is 3. The number of benzene rings is 1. The van der Waals surface area contributed by atoms with Gasteiger partial charge in [-0.1, -0.05) is 12.1 Å². The lowest BCUT2D eigenvalue weighted by Gasteiger charge is -2.21. The van der Waals surface area contributed by atoms with Crippen LogP contribution in [0.1, 0.15) is 24.5 Å². The lowest BCUT2D eigenvalue weighted by Crippen LogP contribution is -2.43. The summed E-state index contributed by atoms with van der Waals surface area (Å²) in [5.74, 6) is -0.912. The number of aliphatic carboxylic acids is 1. The summed E-state index contributed by atoms with van der Waals surface area (Å²) >= 11 is 0. The number of rotatable bonds is 7. The molecule has 116 valence electrons. The molecule has 0 heterocycles. The Morgan fingerprint density at radius 2 is 2.00 bits per heavy atom. The van der Waals surface area contributed by atoms with Crippen LogP contribution in [0.25, 0.3) is 0 Å². The van der Waals surface area contributed by atoms with Crippen LogP contribution in [0.5, 0.6) is 5.75 Å². The third-order valence-corrected chi connectivity index (χ3v) is 3.11. The SMILES string of the molecule is Cc1cccc(OCC(=O)NCC(C)(O)CC(=O)O)c1C. The smallest absolute Gasteiger partial charge is 0.306 e. The fourth-order valence-electron chi connectivity index (χ4n) is 1.75. The number of carbonyl (C=O) groups excluding carboxylic acids is 1. The summed E-state index contributed by atoms with van der Waals surface area (Å²) in [6.45, 7) is 4.88. The van der Waals surface area contributed by atoms with E-state index in [1.165, 1.54) is 6.92 Å². The van der Waals surface area contributed by atoms with Crippen molar-refractivity contribution in [2.45, 2.75) is 32.8 Å². The first-order valence-corrected chi connectivity index (χ1v) is 6.61. The molecular weight excluding hydrogens is 274 g/mol. The average molecular weight is 295 g/mol. The molecule has 1 rings (SSSR count). The van der Waals surface area contributed by atoms with Crippen molar-refractivity contribution >= 4 is 11.9 Å². The zero-order chi connectivity index (χ0) is 16.0. The Morgan fingerprint density at radius 1 is 1.33 bits per heavy atom. The van der Waals surface area contributed by atoms with Gasteiger partial charge < -0.3 is 20.3 Å². The number of hydrogen-bond acceptors (Lipinski definition) is 4. The van der Waals surface area contributed by atoms with Gasteiger partial charge in [0, 0.05) is 6.54 Å². The van der Waals surface area contributed by atoms with Crippen LogP contribution in [-0.2, 0) is 9.59 Å². The molecule has 1 unspecified atom stereocenters. The van der Waals surface area contributed by atoms with E-state index in [0.717, 1.165) is 11.1 Å². The number of carbonyl (C=O) groups is 2. The standard InChI is InChI=1S/C15H21NO5/c1-10-5-4-6-12(11(10)2)21-8-13(17)16-9-15(3,20)7-14(18)19/h4-6,20H,7-9H2,1-3H3,(H,16,17)(H,18,19). The fourth-order valence-corrected chi connectivity index (χ4v) is 1.75. The maximum atomic E-state index is 11.7. The van der Waals surface area contributed by atoms with E-state index in [-0.39, 0.29) is 13.2 Å². The second kappa shape index (κ2) is 7.08. The highest BCUT2D eigenvalue weighted by molar-refractivity contribution is 5.77. The molecule has 0 spiro atoms. The van der Waals surface area contributed by atoms with Crippen LogP contribution >= 0.6 is 0 Å². The van der Waals surface area contributed by atoms with E-state index in [4.69, 9.17) is 9.84 Å². The summed E-state index contributed by atoms with van der Waals surface area (Å²) in [7, 11) is 0. The quantitative estimate of drug-likeness (QED) is 0.698. The third-order valence-electron chi connectivity index (χ3n) is 3.11. The number of ether oxygens (including phenoxy) is 1. The average Bonchev–Trinajstić information content (AvgIpc) is 2.37. The number of aryl methyl sites for hydroxylation is 1. The highest BCUT2D eigenvalue weighted by Crippen LogP contribution is 2.20. The maximum absolute atomic E-state index is 11.7. The van der Waals surface area contributed by atoms with Gasteiger partial charge in [-0.05, 0) is 38.0 Å². The highest BCUT2D eigenvalue weighted by Gasteiger charge is 2.24. The van der Waals surface area contributed by atoms with E-state index < -0.39 is 23.9 Å². The lowest BCUT2D eigenvalue weighted by molar-refractivity contribution is -0.142. The van der Waals surface area contributed by atoms with Gasteiger partial charge in [-0.2, -0.15) is 0 Å². The molecule has 6 nitrogen and oxygen atoms in total. The van der Waals surface area contributed by atoms with Crippen LogP contribution in [0.4, 0.5) is 0 Å². The topological polar surface area (TPSA) is 95.9 Å². The molecule has 0 aliphatic heterocycles. The van der Waals surface area contributed by atoms with Crippen LogP contribution in [0.15, 0.2) is 18.2 Å². The minimum absolute atomic E-state index is 0.145. The van der Waals surface area contributed by atoms with Crippen molar-refractivity contribution in [1.82, 2.24) is 5.32 Å². The zero-order valence-electron chi connectivity index (χ0n) is 12.5. The summed E-state index contributed by atoms with van der Waals surface area (Å²) in [4.78, 5) is 22.2. The van der Waals surface area contributed by atoms with Crippen LogP contribution in [-0.4, -0.2) is 40.8 Å². The third kappa shape index (κ3) is 5.83. The molecule has 0 saturated carbocycles. The molecule has 1 aromatic rings. The van der Waals surface area contributed by atoms with E-state index >= 15 is 0 Å². The Hall–Kier alpha value is -2.08. The Labute approximate surface area is 123 Å². The predicted octanol–water partition coefficient (Wildman–Crippen LogP) is 1.02. The van der Waals surface area contributed by atoms with Gasteiger partial charge in [-0.15, -0.1) is 0 Å². The first kappa shape index (κ1) is 17.0. The van der Waals surface area contributed by atoms with Crippen molar-refractivity contribution < 1.29 is 24.5 Å². The van der Waals surface area contributed by atoms with Crippen LogP contribution in [0, 0.1) is 13.8 Å². The minimum Gasteiger partial charge on any atom is -0.483 e. The molecule has 1 aromatic carbocycles. The maximum Gasteiger partial charge on any atom is 0.306 e. The Balaban J connectivity index is 2.44. The summed E-state index contributed by atoms with van der Waals surface area (Å²) in [6, 6.07) is 5.56. The summed E-state index contributed by atoms with van der Waals surface area (Å²) < 4.78 is 5.42. The van der Waals surface area contributed by atoms with Gasteiger partial charge in [-0.3, -0.25) is 9.59 Å². The second-order valence-electron chi connectivity index (χ2n) is 5.33. The van der Waals surface area contributed by atoms with Gasteiger partial charge in [0.1, 0.15) is 5.75 Å². The van der Waals surface area contributed by atoms with Crippen molar-refractivity contribution in [3.8, 4) is 5.75 Å². The van der Waals surface area contributed by atoms with Gasteiger partial charge >= 0.3 is 5.97 Å². The van der Waals surface area contributed by atoms with Crippen LogP contribution in [0.3, 0.4) is 0 Å². The van der Waals surface area contributed by atoms with Gasteiger partial charge in [0.25, 0.3) is 5.91 Å². The number of aliphatic hydroxyl groups is 1. The van der Waals surface area contributed by atoms with E-state index in [1.807, 2.05) is 26.0 Å². The Bertz CT molecular complexity index is 525. The molecule has 0 fully saturated rings. The predicted molar refractivity (Wildman–Crippen MR) is 77.3 cm³/mol. The van der Waals surface area contributed by atoms with E-state index in [1.54, 1.807) is 6.07 Å². The normalized spacial score (nSPS) is 13.3. The van der Waals surface area contributed by atoms with Gasteiger partial charge in [-0.25, -0.2) is 0 Å². The molecule has 3 N–H and O–H groups in total. The summed E-state index contributed by atoms with van der Waals surface area (Å²) in [5.41, 5.74) is 0.543. The fraction of sp³-hybridized carbons (Fsp3) is 0.467. The molecule has 1 amide bonds. The zero-order valence-corrected chi connectivity index (χ0v) is 12.5. The molecule has 0 radical (unpaired) electrons. The Morgan fingerprint density at radius 3 is 2.62 bits per heavy atom. The van der Waals surface area contributed by atoms with Gasteiger partial charge in [0.05, 0.1) is 12.0 Å². The molecule has 0 saturated heterocycles. The van der Waals surface area contributed by atoms with Crippen molar-refractivity contribution in [2.24, 2.45) is 0 Å². The first-order valence-electron chi connectivity index (χ1n) is 6.61. The van der Waals surface area contributed by atoms with Gasteiger partial charge in [0.2, 0.25) is 0 Å². The summed E-state index contributed by atoms with van der Waals surface area (Å²) in [5, 5.41) is 20.8. The van der Waals surface area contributed by atoms with Gasteiger partial charge in [0.15, 0.2) is 6.61 Å². The van der Waals surface area contributed by atoms with Crippen molar-refractivity contribution in [3.63, 3.8) is 0 Å². The van der Waals surface area contributed by atoms with Crippen LogP contribution < -0.4 is 10.1 Å². The number of amides is 1. The minimum atomic E-state index is -1.49. The Kier molecular flexibility index (Phi) is 5.72. The molecular formula is C15H21NO5. The van der Waals surface area contributed by atoms with E-state index in [9.17, 15) is 14.7 Å².